The minimum absolute atomic E-state index is 0.0503. The Bertz CT molecular complexity index is 2170. The second-order valence-corrected chi connectivity index (χ2v) is 9.54. The number of carboxylic acid groups (broad SMARTS) is 1. The smallest absolute Gasteiger partial charge is 0.335 e. The van der Waals surface area contributed by atoms with Gasteiger partial charge in [-0.2, -0.15) is 9.78 Å². The summed E-state index contributed by atoms with van der Waals surface area (Å²) in [5.41, 5.74) is 0.848. The highest BCUT2D eigenvalue weighted by molar-refractivity contribution is 5.90. The Hall–Kier alpha value is -6.30. The van der Waals surface area contributed by atoms with Crippen LogP contribution in [0.5, 0.6) is 11.5 Å². The van der Waals surface area contributed by atoms with Crippen LogP contribution in [0.1, 0.15) is 21.5 Å². The van der Waals surface area contributed by atoms with E-state index >= 15 is 0 Å². The molecule has 2 heterocycles. The van der Waals surface area contributed by atoms with Crippen molar-refractivity contribution in [2.45, 2.75) is 6.61 Å². The molecule has 0 atom stereocenters. The molecule has 0 saturated carbocycles. The van der Waals surface area contributed by atoms with Gasteiger partial charge in [0, 0.05) is 11.6 Å². The molecule has 1 N–H and O–H groups in total. The summed E-state index contributed by atoms with van der Waals surface area (Å²) < 4.78 is 18.4. The number of benzene rings is 4. The number of carboxylic acids is 1. The van der Waals surface area contributed by atoms with Crippen molar-refractivity contribution < 1.29 is 28.7 Å². The fourth-order valence-electron chi connectivity index (χ4n) is 4.73. The third kappa shape index (κ3) is 5.23. The molecule has 0 radical (unpaired) electrons. The van der Waals surface area contributed by atoms with Crippen LogP contribution in [0.3, 0.4) is 0 Å². The number of aromatic nitrogens is 2. The molecule has 0 aliphatic heterocycles. The summed E-state index contributed by atoms with van der Waals surface area (Å²) in [5, 5.41) is 26.6. The van der Waals surface area contributed by atoms with Crippen molar-refractivity contribution in [2.24, 2.45) is 5.10 Å². The molecule has 0 fully saturated rings. The monoisotopic (exact) mass is 590 g/mol. The lowest BCUT2D eigenvalue weighted by Gasteiger charge is -2.11. The number of furan rings is 1. The molecule has 12 nitrogen and oxygen atoms in total. The molecule has 4 aromatic carbocycles. The van der Waals surface area contributed by atoms with Crippen LogP contribution in [0, 0.1) is 10.1 Å². The first-order chi connectivity index (χ1) is 21.3. The van der Waals surface area contributed by atoms with Crippen molar-refractivity contribution in [2.75, 3.05) is 7.11 Å². The Morgan fingerprint density at radius 3 is 2.64 bits per heavy atom. The number of rotatable bonds is 9. The average Bonchev–Trinajstić information content (AvgIpc) is 3.48. The number of nitrogens with zero attached hydrogens (tertiary/aromatic N) is 4. The fraction of sp³-hybridized carbons (Fsp3) is 0.0625. The second kappa shape index (κ2) is 11.5. The van der Waals surface area contributed by atoms with Crippen molar-refractivity contribution in [1.29, 1.82) is 0 Å². The summed E-state index contributed by atoms with van der Waals surface area (Å²) in [7, 11) is 1.54. The van der Waals surface area contributed by atoms with E-state index in [0.29, 0.717) is 33.2 Å². The molecule has 44 heavy (non-hydrogen) atoms. The minimum atomic E-state index is -1.11. The first-order valence-corrected chi connectivity index (χ1v) is 13.2. The third-order valence-corrected chi connectivity index (χ3v) is 6.81. The standard InChI is InChI=1S/C32H22N4O8/c1-42-26-13-6-14-27-23(26)16-28(44-27)30-34-24-11-3-2-10-22(24)31(37)35(30)33-17-21-9-5-12-25(36(40)41)29(21)43-18-19-7-4-8-20(15-19)32(38)39/h2-17H,18H2,1H3,(H,38,39). The quantitative estimate of drug-likeness (QED) is 0.123. The summed E-state index contributed by atoms with van der Waals surface area (Å²) in [6, 6.07) is 24.1. The zero-order valence-electron chi connectivity index (χ0n) is 23.0. The van der Waals surface area contributed by atoms with E-state index in [9.17, 15) is 24.8 Å². The van der Waals surface area contributed by atoms with Gasteiger partial charge in [0.15, 0.2) is 5.76 Å². The van der Waals surface area contributed by atoms with Crippen LogP contribution in [-0.4, -0.2) is 39.0 Å². The van der Waals surface area contributed by atoms with Crippen molar-refractivity contribution in [3.8, 4) is 23.1 Å². The molecule has 0 bridgehead atoms. The lowest BCUT2D eigenvalue weighted by molar-refractivity contribution is -0.386. The van der Waals surface area contributed by atoms with Gasteiger partial charge in [0.25, 0.3) is 5.56 Å². The zero-order chi connectivity index (χ0) is 30.8. The summed E-state index contributed by atoms with van der Waals surface area (Å²) in [6.45, 7) is -0.156. The number of methoxy groups -OCH3 is 1. The summed E-state index contributed by atoms with van der Waals surface area (Å²) in [4.78, 5) is 41.0. The first-order valence-electron chi connectivity index (χ1n) is 13.2. The molecular formula is C32H22N4O8. The Labute approximate surface area is 248 Å². The van der Waals surface area contributed by atoms with E-state index in [0.717, 1.165) is 4.68 Å². The molecular weight excluding hydrogens is 568 g/mol. The highest BCUT2D eigenvalue weighted by Gasteiger charge is 2.21. The van der Waals surface area contributed by atoms with E-state index in [-0.39, 0.29) is 40.8 Å². The third-order valence-electron chi connectivity index (χ3n) is 6.81. The van der Waals surface area contributed by atoms with Crippen LogP contribution in [0.2, 0.25) is 0 Å². The minimum Gasteiger partial charge on any atom is -0.496 e. The number of nitro groups is 1. The highest BCUT2D eigenvalue weighted by Crippen LogP contribution is 2.34. The van der Waals surface area contributed by atoms with Gasteiger partial charge in [-0.3, -0.25) is 14.9 Å². The van der Waals surface area contributed by atoms with Gasteiger partial charge in [-0.1, -0.05) is 36.4 Å². The molecule has 6 aromatic rings. The van der Waals surface area contributed by atoms with Gasteiger partial charge in [-0.05, 0) is 54.1 Å². The van der Waals surface area contributed by atoms with Crippen LogP contribution >= 0.6 is 0 Å². The van der Waals surface area contributed by atoms with Crippen molar-refractivity contribution in [1.82, 2.24) is 9.66 Å². The Balaban J connectivity index is 1.46. The second-order valence-electron chi connectivity index (χ2n) is 9.54. The molecule has 0 saturated heterocycles. The lowest BCUT2D eigenvalue weighted by atomic mass is 10.1. The number of para-hydroxylation sites is 2. The van der Waals surface area contributed by atoms with E-state index in [2.05, 4.69) is 10.1 Å². The molecule has 0 spiro atoms. The van der Waals surface area contributed by atoms with Gasteiger partial charge in [0.2, 0.25) is 11.6 Å². The van der Waals surface area contributed by atoms with Crippen molar-refractivity contribution in [3.63, 3.8) is 0 Å². The van der Waals surface area contributed by atoms with Crippen molar-refractivity contribution >= 4 is 39.7 Å². The summed E-state index contributed by atoms with van der Waals surface area (Å²) in [5.74, 6) is -0.305. The molecule has 0 aliphatic rings. The Morgan fingerprint density at radius 2 is 1.84 bits per heavy atom. The Morgan fingerprint density at radius 1 is 1.05 bits per heavy atom. The van der Waals surface area contributed by atoms with Gasteiger partial charge < -0.3 is 19.0 Å². The molecule has 218 valence electrons. The predicted molar refractivity (Wildman–Crippen MR) is 162 cm³/mol. The topological polar surface area (TPSA) is 159 Å². The fourth-order valence-corrected chi connectivity index (χ4v) is 4.73. The number of ether oxygens (including phenoxy) is 2. The van der Waals surface area contributed by atoms with E-state index in [1.165, 1.54) is 37.6 Å². The van der Waals surface area contributed by atoms with Gasteiger partial charge in [-0.25, -0.2) is 9.78 Å². The summed E-state index contributed by atoms with van der Waals surface area (Å²) >= 11 is 0. The van der Waals surface area contributed by atoms with Gasteiger partial charge in [0.1, 0.15) is 17.9 Å². The number of aromatic carboxylic acids is 1. The molecule has 12 heteroatoms. The zero-order valence-corrected chi connectivity index (χ0v) is 23.0. The van der Waals surface area contributed by atoms with E-state index in [1.807, 2.05) is 0 Å². The van der Waals surface area contributed by atoms with E-state index < -0.39 is 16.5 Å². The number of nitro benzene ring substituents is 1. The lowest BCUT2D eigenvalue weighted by Crippen LogP contribution is -2.20. The number of fused-ring (bicyclic) bond motifs is 2. The van der Waals surface area contributed by atoms with Crippen LogP contribution < -0.4 is 15.0 Å². The van der Waals surface area contributed by atoms with Crippen LogP contribution in [0.25, 0.3) is 33.5 Å². The number of hydrogen-bond donors (Lipinski definition) is 1. The number of carbonyl (C=O) groups is 1. The molecule has 0 amide bonds. The SMILES string of the molecule is COc1cccc2oc(-c3nc4ccccc4c(=O)n3N=Cc3cccc([N+](=O)[O-])c3OCc3cccc(C(=O)O)c3)cc12. The molecule has 0 unspecified atom stereocenters. The van der Waals surface area contributed by atoms with Gasteiger partial charge in [-0.15, -0.1) is 0 Å². The van der Waals surface area contributed by atoms with E-state index in [1.54, 1.807) is 66.7 Å². The molecule has 0 aliphatic carbocycles. The van der Waals surface area contributed by atoms with E-state index in [4.69, 9.17) is 13.9 Å². The molecule has 2 aromatic heterocycles. The van der Waals surface area contributed by atoms with Crippen LogP contribution in [-0.2, 0) is 6.61 Å². The maximum Gasteiger partial charge on any atom is 0.335 e. The first kappa shape index (κ1) is 27.8. The Kier molecular flexibility index (Phi) is 7.30. The summed E-state index contributed by atoms with van der Waals surface area (Å²) in [6.07, 6.45) is 1.26. The normalized spacial score (nSPS) is 11.3. The van der Waals surface area contributed by atoms with Gasteiger partial charge >= 0.3 is 11.7 Å². The molecule has 6 rings (SSSR count). The maximum absolute atomic E-state index is 13.7. The predicted octanol–water partition coefficient (Wildman–Crippen LogP) is 5.89. The van der Waals surface area contributed by atoms with Crippen LogP contribution in [0.15, 0.2) is 105 Å². The van der Waals surface area contributed by atoms with Gasteiger partial charge in [0.05, 0.1) is 40.1 Å². The number of hydrogen-bond acceptors (Lipinski definition) is 9. The highest BCUT2D eigenvalue weighted by atomic mass is 16.6. The van der Waals surface area contributed by atoms with Crippen LogP contribution in [0.4, 0.5) is 5.69 Å². The van der Waals surface area contributed by atoms with Crippen molar-refractivity contribution in [3.05, 3.63) is 128 Å². The largest absolute Gasteiger partial charge is 0.496 e. The average molecular weight is 591 g/mol. The maximum atomic E-state index is 13.7.